The number of hydrogen-bond donors (Lipinski definition) is 3. The summed E-state index contributed by atoms with van der Waals surface area (Å²) in [6, 6.07) is 9.04. The van der Waals surface area contributed by atoms with Crippen LogP contribution in [0.15, 0.2) is 30.3 Å². The summed E-state index contributed by atoms with van der Waals surface area (Å²) in [5, 5.41) is 2.85. The van der Waals surface area contributed by atoms with E-state index in [1.807, 2.05) is 19.1 Å². The molecule has 4 N–H and O–H groups in total. The Morgan fingerprint density at radius 3 is 2.74 bits per heavy atom. The zero-order valence-corrected chi connectivity index (χ0v) is 11.9. The first-order valence-corrected chi connectivity index (χ1v) is 6.89. The van der Waals surface area contributed by atoms with Crippen molar-refractivity contribution >= 4 is 34.5 Å². The number of nitrogens with one attached hydrogen (secondary N) is 2. The molecule has 1 aromatic heterocycles. The summed E-state index contributed by atoms with van der Waals surface area (Å²) in [5.74, 6) is 5.24. The summed E-state index contributed by atoms with van der Waals surface area (Å²) in [7, 11) is 0. The van der Waals surface area contributed by atoms with Gasteiger partial charge in [0, 0.05) is 10.4 Å². The van der Waals surface area contributed by atoms with E-state index in [9.17, 15) is 4.79 Å². The van der Waals surface area contributed by atoms with Gasteiger partial charge in [0.05, 0.1) is 16.6 Å². The van der Waals surface area contributed by atoms with Gasteiger partial charge in [-0.1, -0.05) is 11.6 Å². The third-order valence-electron chi connectivity index (χ3n) is 2.70. The van der Waals surface area contributed by atoms with Gasteiger partial charge >= 0.3 is 0 Å². The molecule has 0 atom stereocenters. The molecule has 0 aliphatic heterocycles. The van der Waals surface area contributed by atoms with E-state index in [0.29, 0.717) is 12.1 Å². The normalized spacial score (nSPS) is 10.3. The van der Waals surface area contributed by atoms with Crippen LogP contribution in [0.25, 0.3) is 0 Å². The summed E-state index contributed by atoms with van der Waals surface area (Å²) < 4.78 is 0.721. The largest absolute Gasteiger partial charge is 0.347 e. The van der Waals surface area contributed by atoms with Crippen molar-refractivity contribution < 1.29 is 4.79 Å². The number of amides is 1. The minimum absolute atomic E-state index is 0.115. The smallest absolute Gasteiger partial charge is 0.251 e. The van der Waals surface area contributed by atoms with Gasteiger partial charge in [-0.3, -0.25) is 10.6 Å². The van der Waals surface area contributed by atoms with Gasteiger partial charge in [-0.05, 0) is 42.8 Å². The van der Waals surface area contributed by atoms with E-state index < -0.39 is 0 Å². The van der Waals surface area contributed by atoms with Crippen LogP contribution in [0, 0.1) is 6.92 Å². The predicted octanol–water partition coefficient (Wildman–Crippen LogP) is 2.93. The standard InChI is InChI=1S/C13H14ClN3OS/c1-8-6-9(2-4-11(8)17-15)13(18)16-7-10-3-5-12(14)19-10/h2-6,17H,7,15H2,1H3,(H,16,18). The second kappa shape index (κ2) is 6.06. The Labute approximate surface area is 120 Å². The molecule has 1 aromatic carbocycles. The Morgan fingerprint density at radius 2 is 2.16 bits per heavy atom. The van der Waals surface area contributed by atoms with Crippen LogP contribution in [0.4, 0.5) is 5.69 Å². The predicted molar refractivity (Wildman–Crippen MR) is 79.5 cm³/mol. The zero-order valence-electron chi connectivity index (χ0n) is 10.4. The first-order valence-electron chi connectivity index (χ1n) is 5.70. The number of thiophene rings is 1. The number of hydrogen-bond acceptors (Lipinski definition) is 4. The lowest BCUT2D eigenvalue weighted by Crippen LogP contribution is -2.22. The van der Waals surface area contributed by atoms with E-state index in [0.717, 1.165) is 20.5 Å². The molecule has 0 fully saturated rings. The third kappa shape index (κ3) is 3.47. The summed E-state index contributed by atoms with van der Waals surface area (Å²) in [6.45, 7) is 2.37. The number of hydrazine groups is 1. The Morgan fingerprint density at radius 1 is 1.37 bits per heavy atom. The highest BCUT2D eigenvalue weighted by Gasteiger charge is 2.08. The first-order chi connectivity index (χ1) is 9.10. The lowest BCUT2D eigenvalue weighted by atomic mass is 10.1. The van der Waals surface area contributed by atoms with Crippen LogP contribution >= 0.6 is 22.9 Å². The summed E-state index contributed by atoms with van der Waals surface area (Å²) >= 11 is 7.29. The number of aryl methyl sites for hydroxylation is 1. The van der Waals surface area contributed by atoms with Gasteiger partial charge in [0.1, 0.15) is 0 Å². The van der Waals surface area contributed by atoms with Crippen molar-refractivity contribution in [3.05, 3.63) is 50.7 Å². The SMILES string of the molecule is Cc1cc(C(=O)NCc2ccc(Cl)s2)ccc1NN. The second-order valence-electron chi connectivity index (χ2n) is 4.06. The quantitative estimate of drug-likeness (QED) is 0.600. The summed E-state index contributed by atoms with van der Waals surface area (Å²) in [5.41, 5.74) is 4.92. The lowest BCUT2D eigenvalue weighted by Gasteiger charge is -2.08. The van der Waals surface area contributed by atoms with Gasteiger partial charge in [0.15, 0.2) is 0 Å². The highest BCUT2D eigenvalue weighted by atomic mass is 35.5. The van der Waals surface area contributed by atoms with E-state index in [1.165, 1.54) is 11.3 Å². The average Bonchev–Trinajstić information content (AvgIpc) is 2.81. The Balaban J connectivity index is 2.01. The number of anilines is 1. The van der Waals surface area contributed by atoms with E-state index in [1.54, 1.807) is 18.2 Å². The van der Waals surface area contributed by atoms with Crippen LogP contribution in [0.2, 0.25) is 4.34 Å². The molecule has 0 aliphatic carbocycles. The molecule has 0 aliphatic rings. The molecule has 2 rings (SSSR count). The molecule has 19 heavy (non-hydrogen) atoms. The van der Waals surface area contributed by atoms with Crippen molar-refractivity contribution in [1.29, 1.82) is 0 Å². The molecule has 100 valence electrons. The first kappa shape index (κ1) is 13.9. The van der Waals surface area contributed by atoms with Gasteiger partial charge in [-0.15, -0.1) is 11.3 Å². The van der Waals surface area contributed by atoms with Crippen LogP contribution < -0.4 is 16.6 Å². The van der Waals surface area contributed by atoms with Gasteiger partial charge in [-0.2, -0.15) is 0 Å². The Kier molecular flexibility index (Phi) is 4.42. The van der Waals surface area contributed by atoms with Crippen LogP contribution in [-0.4, -0.2) is 5.91 Å². The Bertz CT molecular complexity index is 597. The molecule has 0 radical (unpaired) electrons. The van der Waals surface area contributed by atoms with Crippen LogP contribution in [0.1, 0.15) is 20.8 Å². The number of nitrogens with two attached hydrogens (primary N) is 1. The van der Waals surface area contributed by atoms with Crippen molar-refractivity contribution in [1.82, 2.24) is 5.32 Å². The molecule has 2 aromatic rings. The van der Waals surface area contributed by atoms with E-state index in [2.05, 4.69) is 10.7 Å². The molecule has 0 saturated heterocycles. The second-order valence-corrected chi connectivity index (χ2v) is 5.86. The zero-order chi connectivity index (χ0) is 13.8. The minimum Gasteiger partial charge on any atom is -0.347 e. The van der Waals surface area contributed by atoms with Gasteiger partial charge in [0.2, 0.25) is 0 Å². The lowest BCUT2D eigenvalue weighted by molar-refractivity contribution is 0.0951. The number of rotatable bonds is 4. The van der Waals surface area contributed by atoms with E-state index in [-0.39, 0.29) is 5.91 Å². The number of benzene rings is 1. The molecule has 0 saturated carbocycles. The van der Waals surface area contributed by atoms with Gasteiger partial charge < -0.3 is 10.7 Å². The topological polar surface area (TPSA) is 67.2 Å². The molecular formula is C13H14ClN3OS. The molecule has 4 nitrogen and oxygen atoms in total. The molecule has 1 heterocycles. The summed E-state index contributed by atoms with van der Waals surface area (Å²) in [6.07, 6.45) is 0. The average molecular weight is 296 g/mol. The van der Waals surface area contributed by atoms with Crippen LogP contribution in [0.3, 0.4) is 0 Å². The number of nitrogen functional groups attached to an aromatic ring is 1. The van der Waals surface area contributed by atoms with Gasteiger partial charge in [-0.25, -0.2) is 0 Å². The number of carbonyl (C=O) groups is 1. The number of carbonyl (C=O) groups excluding carboxylic acids is 1. The molecule has 1 amide bonds. The van der Waals surface area contributed by atoms with Crippen molar-refractivity contribution in [3.63, 3.8) is 0 Å². The fourth-order valence-corrected chi connectivity index (χ4v) is 2.71. The van der Waals surface area contributed by atoms with E-state index >= 15 is 0 Å². The summed E-state index contributed by atoms with van der Waals surface area (Å²) in [4.78, 5) is 13.0. The van der Waals surface area contributed by atoms with Gasteiger partial charge in [0.25, 0.3) is 5.91 Å². The van der Waals surface area contributed by atoms with E-state index in [4.69, 9.17) is 17.4 Å². The molecule has 0 bridgehead atoms. The van der Waals surface area contributed by atoms with Crippen LogP contribution in [-0.2, 0) is 6.54 Å². The fourth-order valence-electron chi connectivity index (χ4n) is 1.68. The van der Waals surface area contributed by atoms with Crippen molar-refractivity contribution in [2.45, 2.75) is 13.5 Å². The Hall–Kier alpha value is -1.56. The molecule has 0 unspecified atom stereocenters. The molecular weight excluding hydrogens is 282 g/mol. The molecule has 0 spiro atoms. The fraction of sp³-hybridized carbons (Fsp3) is 0.154. The van der Waals surface area contributed by atoms with Crippen molar-refractivity contribution in [3.8, 4) is 0 Å². The highest BCUT2D eigenvalue weighted by molar-refractivity contribution is 7.16. The molecule has 6 heteroatoms. The monoisotopic (exact) mass is 295 g/mol. The highest BCUT2D eigenvalue weighted by Crippen LogP contribution is 2.21. The maximum atomic E-state index is 12.0. The minimum atomic E-state index is -0.115. The maximum absolute atomic E-state index is 12.0. The van der Waals surface area contributed by atoms with Crippen molar-refractivity contribution in [2.75, 3.05) is 5.43 Å². The maximum Gasteiger partial charge on any atom is 0.251 e. The van der Waals surface area contributed by atoms with Crippen molar-refractivity contribution in [2.24, 2.45) is 5.84 Å². The van der Waals surface area contributed by atoms with Crippen LogP contribution in [0.5, 0.6) is 0 Å². The third-order valence-corrected chi connectivity index (χ3v) is 3.93. The number of halogens is 1.